The molecule has 0 aromatic carbocycles. The fourth-order valence-corrected chi connectivity index (χ4v) is 5.56. The fraction of sp³-hybridized carbons (Fsp3) is 0.850. The first kappa shape index (κ1) is 58.7. The van der Waals surface area contributed by atoms with E-state index in [-0.39, 0.29) is 17.3 Å². The van der Waals surface area contributed by atoms with Crippen LogP contribution in [-0.2, 0) is 0 Å². The molecule has 2 rings (SSSR count). The Hall–Kier alpha value is -3.98. The van der Waals surface area contributed by atoms with Crippen LogP contribution in [-0.4, -0.2) is 197 Å². The monoisotopic (exact) mass is 798 g/mol. The number of hydrogen-bond acceptors (Lipinski definition) is 5. The van der Waals surface area contributed by atoms with Crippen LogP contribution in [0.15, 0.2) is 9.98 Å². The van der Waals surface area contributed by atoms with Crippen LogP contribution >= 0.6 is 0 Å². The molecule has 2 aliphatic carbocycles. The molecule has 0 amide bonds. The highest BCUT2D eigenvalue weighted by Gasteiger charge is 2.29. The molecule has 0 atom stereocenters. The van der Waals surface area contributed by atoms with Gasteiger partial charge in [-0.1, -0.05) is 33.1 Å². The Morgan fingerprint density at radius 3 is 1.21 bits per heavy atom. The molecular formula is C40H93N16+. The number of hydrogen-bond donors (Lipinski definition) is 6. The summed E-state index contributed by atoms with van der Waals surface area (Å²) in [7, 11) is 25.8. The predicted molar refractivity (Wildman–Crippen MR) is 247 cm³/mol. The normalized spacial score (nSPS) is 13.2. The van der Waals surface area contributed by atoms with E-state index in [0.29, 0.717) is 24.5 Å². The minimum Gasteiger partial charge on any atom is -0.388 e. The number of guanidine groups is 4. The van der Waals surface area contributed by atoms with E-state index in [1.54, 1.807) is 7.05 Å². The second-order valence-corrected chi connectivity index (χ2v) is 15.9. The van der Waals surface area contributed by atoms with Crippen LogP contribution in [0.25, 0.3) is 0 Å². The summed E-state index contributed by atoms with van der Waals surface area (Å²) in [5.41, 5.74) is 15.7. The van der Waals surface area contributed by atoms with Gasteiger partial charge in [0.2, 0.25) is 0 Å². The largest absolute Gasteiger partial charge is 0.388 e. The molecule has 2 aliphatic rings. The molecule has 16 nitrogen and oxygen atoms in total. The minimum absolute atomic E-state index is 0.0138. The van der Waals surface area contributed by atoms with Crippen molar-refractivity contribution >= 4 is 35.5 Å². The summed E-state index contributed by atoms with van der Waals surface area (Å²) >= 11 is 0. The van der Waals surface area contributed by atoms with Crippen molar-refractivity contribution in [2.24, 2.45) is 27.2 Å². The van der Waals surface area contributed by atoms with Crippen LogP contribution in [0.4, 0.5) is 0 Å². The Kier molecular flexibility index (Phi) is 33.7. The van der Waals surface area contributed by atoms with Crippen molar-refractivity contribution in [2.75, 3.05) is 105 Å². The summed E-state index contributed by atoms with van der Waals surface area (Å²) in [5, 5.41) is 21.6. The van der Waals surface area contributed by atoms with E-state index in [1.807, 2.05) is 134 Å². The lowest BCUT2D eigenvalue weighted by molar-refractivity contribution is -0.475. The van der Waals surface area contributed by atoms with Gasteiger partial charge in [-0.15, -0.1) is 0 Å². The van der Waals surface area contributed by atoms with Gasteiger partial charge in [-0.3, -0.25) is 40.6 Å². The number of rotatable bonds is 6. The van der Waals surface area contributed by atoms with Crippen molar-refractivity contribution < 1.29 is 4.58 Å². The van der Waals surface area contributed by atoms with Gasteiger partial charge in [0.05, 0.1) is 59.5 Å². The summed E-state index contributed by atoms with van der Waals surface area (Å²) in [5.74, 6) is 4.06. The molecule has 2 fully saturated rings. The van der Waals surface area contributed by atoms with Crippen molar-refractivity contribution in [1.29, 1.82) is 16.2 Å². The minimum atomic E-state index is -0.0138. The number of nitrogens with one attached hydrogen (secondary N) is 3. The Labute approximate surface area is 345 Å². The second kappa shape index (κ2) is 32.1. The van der Waals surface area contributed by atoms with Crippen LogP contribution in [0.3, 0.4) is 0 Å². The number of nitrogens with zero attached hydrogens (tertiary/aromatic N) is 10. The zero-order valence-corrected chi connectivity index (χ0v) is 40.1. The van der Waals surface area contributed by atoms with E-state index in [2.05, 4.69) is 48.0 Å². The van der Waals surface area contributed by atoms with Gasteiger partial charge in [-0.25, -0.2) is 0 Å². The third kappa shape index (κ3) is 31.2. The first-order valence-corrected chi connectivity index (χ1v) is 20.2. The Morgan fingerprint density at radius 1 is 0.643 bits per heavy atom. The Balaban J connectivity index is -0.000000294. The highest BCUT2D eigenvalue weighted by atomic mass is 15.4. The molecule has 0 aromatic rings. The van der Waals surface area contributed by atoms with Crippen LogP contribution in [0.2, 0.25) is 0 Å². The maximum atomic E-state index is 7.87. The maximum absolute atomic E-state index is 7.87. The molecule has 2 saturated carbocycles. The zero-order chi connectivity index (χ0) is 44.9. The number of amidine groups is 2. The van der Waals surface area contributed by atoms with Gasteiger partial charge in [0.1, 0.15) is 0 Å². The second-order valence-electron chi connectivity index (χ2n) is 15.9. The van der Waals surface area contributed by atoms with E-state index < -0.39 is 0 Å². The van der Waals surface area contributed by atoms with Crippen LogP contribution in [0.1, 0.15) is 106 Å². The van der Waals surface area contributed by atoms with Gasteiger partial charge in [0.25, 0.3) is 0 Å². The van der Waals surface area contributed by atoms with Crippen LogP contribution < -0.4 is 17.2 Å². The lowest BCUT2D eigenvalue weighted by Gasteiger charge is -2.31. The van der Waals surface area contributed by atoms with Crippen molar-refractivity contribution in [3.63, 3.8) is 0 Å². The standard InChI is InChI=1S/C9H19N3.C8H17N3.C7H18N3.C7H16N2.C6H15N3.C3H8N2/c1-4-12(5-2)9(10)11(3)8-6-7-8;1-11(8(9)10)7-5-3-2-4-6-7;1-8(2)7(9(3)4)10(5)6;1-5-6(8)9-7(2,3)4;1-7-6(8(2)3)9(4)5;1-2-3(4)5/h8,10H,4-7H2,1-3H3;7H,2-6H2,1H3,(H3,9,10);1-6H3;5H2,1-4H3,(H2,8,9);1-5H3;2H2,1H3,(H3,4,5)/q;;+1;;;. The molecule has 0 aliphatic heterocycles. The summed E-state index contributed by atoms with van der Waals surface area (Å²) in [6.07, 6.45) is 10.4. The van der Waals surface area contributed by atoms with E-state index in [4.69, 9.17) is 33.4 Å². The van der Waals surface area contributed by atoms with Crippen LogP contribution in [0, 0.1) is 16.2 Å². The van der Waals surface area contributed by atoms with Crippen molar-refractivity contribution in [3.8, 4) is 0 Å². The maximum Gasteiger partial charge on any atom is 0.349 e. The molecule has 0 bridgehead atoms. The Morgan fingerprint density at radius 2 is 1.04 bits per heavy atom. The molecule has 0 heterocycles. The van der Waals surface area contributed by atoms with E-state index >= 15 is 0 Å². The van der Waals surface area contributed by atoms with E-state index in [9.17, 15) is 0 Å². The molecule has 0 saturated heterocycles. The van der Waals surface area contributed by atoms with E-state index in [0.717, 1.165) is 31.3 Å². The average Bonchev–Trinajstić information content (AvgIpc) is 3.94. The van der Waals surface area contributed by atoms with E-state index in [1.165, 1.54) is 50.9 Å². The van der Waals surface area contributed by atoms with Crippen LogP contribution in [0.5, 0.6) is 0 Å². The predicted octanol–water partition coefficient (Wildman–Crippen LogP) is 4.22. The van der Waals surface area contributed by atoms with Gasteiger partial charge < -0.3 is 41.7 Å². The molecule has 0 radical (unpaired) electrons. The first-order valence-electron chi connectivity index (χ1n) is 20.2. The summed E-state index contributed by atoms with van der Waals surface area (Å²) < 4.78 is 2.08. The SMILES string of the molecule is CCC(=N)N.CCC(N)=NC(C)(C)C.CCN(CC)C(=N)N(C)C1CC1.CN(C(=N)N)C1CCCCC1.CN(C)C(N(C)C)=[N+](C)C.CN=C(N(C)C)N(C)C. The van der Waals surface area contributed by atoms with Gasteiger partial charge in [-0.05, 0) is 60.3 Å². The fourth-order valence-electron chi connectivity index (χ4n) is 5.56. The van der Waals surface area contributed by atoms with Crippen molar-refractivity contribution in [2.45, 2.75) is 124 Å². The summed E-state index contributed by atoms with van der Waals surface area (Å²) in [4.78, 5) is 22.4. The lowest BCUT2D eigenvalue weighted by Crippen LogP contribution is -2.42. The topological polar surface area (TPSA) is 200 Å². The molecular weight excluding hydrogens is 705 g/mol. The quantitative estimate of drug-likeness (QED) is 0.129. The molecule has 56 heavy (non-hydrogen) atoms. The van der Waals surface area contributed by atoms with Gasteiger partial charge in [0, 0.05) is 87.3 Å². The molecule has 0 unspecified atom stereocenters. The molecule has 332 valence electrons. The zero-order valence-electron chi connectivity index (χ0n) is 40.1. The third-order valence-electron chi connectivity index (χ3n) is 8.42. The Bertz CT molecular complexity index is 1110. The summed E-state index contributed by atoms with van der Waals surface area (Å²) in [6.45, 7) is 16.0. The molecule has 0 aromatic heterocycles. The third-order valence-corrected chi connectivity index (χ3v) is 8.42. The average molecular weight is 798 g/mol. The van der Waals surface area contributed by atoms with Gasteiger partial charge >= 0.3 is 5.96 Å². The molecule has 16 heteroatoms. The number of aliphatic imine (C=N–C) groups is 2. The number of nitrogens with two attached hydrogens (primary N) is 3. The van der Waals surface area contributed by atoms with Crippen molar-refractivity contribution in [1.82, 2.24) is 34.3 Å². The first-order chi connectivity index (χ1) is 25.7. The van der Waals surface area contributed by atoms with Gasteiger partial charge in [-0.2, -0.15) is 0 Å². The summed E-state index contributed by atoms with van der Waals surface area (Å²) in [6, 6.07) is 1.18. The molecule has 9 N–H and O–H groups in total. The smallest absolute Gasteiger partial charge is 0.349 e. The van der Waals surface area contributed by atoms with Crippen molar-refractivity contribution in [3.05, 3.63) is 0 Å². The van der Waals surface area contributed by atoms with Gasteiger partial charge in [0.15, 0.2) is 17.9 Å². The highest BCUT2D eigenvalue weighted by Crippen LogP contribution is 2.25. The highest BCUT2D eigenvalue weighted by molar-refractivity contribution is 5.80. The lowest BCUT2D eigenvalue weighted by atomic mass is 9.95. The molecule has 0 spiro atoms.